The number of amides is 1. The molecule has 0 heterocycles. The quantitative estimate of drug-likeness (QED) is 0.485. The average Bonchev–Trinajstić information content (AvgIpc) is 2.00. The lowest BCUT2D eigenvalue weighted by Gasteiger charge is -2.21. The molecule has 1 amide bonds. The Labute approximate surface area is 72.3 Å². The molecule has 0 aromatic carbocycles. The van der Waals surface area contributed by atoms with E-state index in [0.717, 1.165) is 6.42 Å². The first-order valence-electron chi connectivity index (χ1n) is 3.93. The van der Waals surface area contributed by atoms with Crippen molar-refractivity contribution in [3.05, 3.63) is 0 Å². The molecule has 0 unspecified atom stereocenters. The minimum atomic E-state index is -0.920. The lowest BCUT2D eigenvalue weighted by Crippen LogP contribution is -2.47. The Hall–Kier alpha value is -1.06. The lowest BCUT2D eigenvalue weighted by atomic mass is 10.1. The molecule has 0 spiro atoms. The van der Waals surface area contributed by atoms with Crippen LogP contribution in [0, 0.1) is 0 Å². The van der Waals surface area contributed by atoms with Crippen LogP contribution in [-0.2, 0) is 14.3 Å². The van der Waals surface area contributed by atoms with Gasteiger partial charge >= 0.3 is 5.97 Å². The fourth-order valence-corrected chi connectivity index (χ4v) is 0.581. The maximum atomic E-state index is 11.2. The zero-order valence-electron chi connectivity index (χ0n) is 7.72. The summed E-state index contributed by atoms with van der Waals surface area (Å²) in [6, 6.07) is 0. The molecule has 70 valence electrons. The fraction of sp³-hybridized carbons (Fsp3) is 0.750. The van der Waals surface area contributed by atoms with E-state index in [-0.39, 0.29) is 0 Å². The molecule has 4 heteroatoms. The topological polar surface area (TPSA) is 55.4 Å². The molecule has 0 bridgehead atoms. The standard InChI is InChI=1S/C8H15NO3/c1-4-5-12-7(11)8(2,3)9-6-10/h6H,4-5H2,1-3H3,(H,9,10). The molecule has 12 heavy (non-hydrogen) atoms. The summed E-state index contributed by atoms with van der Waals surface area (Å²) in [6.45, 7) is 5.50. The highest BCUT2D eigenvalue weighted by Crippen LogP contribution is 2.03. The first-order chi connectivity index (χ1) is 5.54. The molecule has 4 nitrogen and oxygen atoms in total. The van der Waals surface area contributed by atoms with E-state index in [9.17, 15) is 9.59 Å². The van der Waals surface area contributed by atoms with Gasteiger partial charge < -0.3 is 10.1 Å². The van der Waals surface area contributed by atoms with Crippen molar-refractivity contribution in [1.29, 1.82) is 0 Å². The van der Waals surface area contributed by atoms with Gasteiger partial charge in [0.1, 0.15) is 5.54 Å². The largest absolute Gasteiger partial charge is 0.464 e. The Morgan fingerprint density at radius 1 is 1.58 bits per heavy atom. The predicted octanol–water partition coefficient (Wildman–Crippen LogP) is 0.464. The summed E-state index contributed by atoms with van der Waals surface area (Å²) in [4.78, 5) is 21.2. The van der Waals surface area contributed by atoms with E-state index < -0.39 is 11.5 Å². The van der Waals surface area contributed by atoms with Crippen molar-refractivity contribution < 1.29 is 14.3 Å². The maximum Gasteiger partial charge on any atom is 0.331 e. The summed E-state index contributed by atoms with van der Waals surface area (Å²) in [5.41, 5.74) is -0.920. The van der Waals surface area contributed by atoms with Crippen molar-refractivity contribution in [3.8, 4) is 0 Å². The third-order valence-electron chi connectivity index (χ3n) is 1.37. The molecular formula is C8H15NO3. The van der Waals surface area contributed by atoms with Gasteiger partial charge in [-0.3, -0.25) is 4.79 Å². The van der Waals surface area contributed by atoms with Crippen molar-refractivity contribution in [1.82, 2.24) is 5.32 Å². The van der Waals surface area contributed by atoms with Crippen LogP contribution in [0.4, 0.5) is 0 Å². The Morgan fingerprint density at radius 2 is 2.17 bits per heavy atom. The van der Waals surface area contributed by atoms with Gasteiger partial charge in [0.05, 0.1) is 6.61 Å². The molecule has 0 aliphatic rings. The normalized spacial score (nSPS) is 10.6. The van der Waals surface area contributed by atoms with E-state index in [1.165, 1.54) is 0 Å². The van der Waals surface area contributed by atoms with Crippen LogP contribution >= 0.6 is 0 Å². The van der Waals surface area contributed by atoms with Crippen molar-refractivity contribution in [2.75, 3.05) is 6.61 Å². The van der Waals surface area contributed by atoms with Gasteiger partial charge in [-0.2, -0.15) is 0 Å². The average molecular weight is 173 g/mol. The Balaban J connectivity index is 3.96. The smallest absolute Gasteiger partial charge is 0.331 e. The fourth-order valence-electron chi connectivity index (χ4n) is 0.581. The second kappa shape index (κ2) is 4.74. The molecule has 0 aliphatic carbocycles. The van der Waals surface area contributed by atoms with E-state index in [2.05, 4.69) is 5.32 Å². The van der Waals surface area contributed by atoms with Crippen LogP contribution in [0.5, 0.6) is 0 Å². The molecule has 1 N–H and O–H groups in total. The first-order valence-corrected chi connectivity index (χ1v) is 3.93. The van der Waals surface area contributed by atoms with Gasteiger partial charge in [0.2, 0.25) is 6.41 Å². The van der Waals surface area contributed by atoms with Crippen molar-refractivity contribution in [3.63, 3.8) is 0 Å². The number of carbonyl (C=O) groups is 2. The minimum Gasteiger partial charge on any atom is -0.464 e. The molecule has 0 aromatic rings. The highest BCUT2D eigenvalue weighted by atomic mass is 16.5. The third-order valence-corrected chi connectivity index (χ3v) is 1.37. The number of ether oxygens (including phenoxy) is 1. The summed E-state index contributed by atoms with van der Waals surface area (Å²) in [7, 11) is 0. The SMILES string of the molecule is CCCOC(=O)C(C)(C)NC=O. The molecule has 0 aromatic heterocycles. The van der Waals surface area contributed by atoms with Crippen LogP contribution in [0.15, 0.2) is 0 Å². The van der Waals surface area contributed by atoms with Crippen molar-refractivity contribution >= 4 is 12.4 Å². The van der Waals surface area contributed by atoms with Crippen LogP contribution in [0.3, 0.4) is 0 Å². The van der Waals surface area contributed by atoms with E-state index in [1.54, 1.807) is 13.8 Å². The van der Waals surface area contributed by atoms with Gasteiger partial charge in [-0.1, -0.05) is 6.92 Å². The number of hydrogen-bond acceptors (Lipinski definition) is 3. The predicted molar refractivity (Wildman–Crippen MR) is 44.5 cm³/mol. The summed E-state index contributed by atoms with van der Waals surface area (Å²) >= 11 is 0. The minimum absolute atomic E-state index is 0.392. The number of hydrogen-bond donors (Lipinski definition) is 1. The Morgan fingerprint density at radius 3 is 2.58 bits per heavy atom. The molecule has 0 fully saturated rings. The van der Waals surface area contributed by atoms with Crippen LogP contribution in [-0.4, -0.2) is 24.5 Å². The van der Waals surface area contributed by atoms with Crippen LogP contribution in [0.2, 0.25) is 0 Å². The molecule has 0 atom stereocenters. The van der Waals surface area contributed by atoms with Crippen molar-refractivity contribution in [2.24, 2.45) is 0 Å². The second-order valence-electron chi connectivity index (χ2n) is 3.02. The van der Waals surface area contributed by atoms with Gasteiger partial charge in [-0.05, 0) is 20.3 Å². The number of nitrogens with one attached hydrogen (secondary N) is 1. The van der Waals surface area contributed by atoms with Crippen LogP contribution in [0.25, 0.3) is 0 Å². The number of esters is 1. The molecular weight excluding hydrogens is 158 g/mol. The Kier molecular flexibility index (Phi) is 4.33. The zero-order chi connectivity index (χ0) is 9.61. The van der Waals surface area contributed by atoms with Gasteiger partial charge in [0.25, 0.3) is 0 Å². The van der Waals surface area contributed by atoms with E-state index >= 15 is 0 Å². The highest BCUT2D eigenvalue weighted by Gasteiger charge is 2.27. The molecule has 0 rings (SSSR count). The summed E-state index contributed by atoms with van der Waals surface area (Å²) < 4.78 is 4.85. The van der Waals surface area contributed by atoms with E-state index in [1.807, 2.05) is 6.92 Å². The second-order valence-corrected chi connectivity index (χ2v) is 3.02. The Bertz CT molecular complexity index is 166. The highest BCUT2D eigenvalue weighted by molar-refractivity contribution is 5.82. The van der Waals surface area contributed by atoms with Gasteiger partial charge in [0, 0.05) is 0 Å². The van der Waals surface area contributed by atoms with Gasteiger partial charge in [-0.25, -0.2) is 4.79 Å². The van der Waals surface area contributed by atoms with E-state index in [0.29, 0.717) is 13.0 Å². The summed E-state index contributed by atoms with van der Waals surface area (Å²) in [5.74, 6) is -0.406. The number of rotatable bonds is 5. The third kappa shape index (κ3) is 3.37. The van der Waals surface area contributed by atoms with Gasteiger partial charge in [0.15, 0.2) is 0 Å². The lowest BCUT2D eigenvalue weighted by molar-refractivity contribution is -0.151. The zero-order valence-corrected chi connectivity index (χ0v) is 7.72. The van der Waals surface area contributed by atoms with Crippen molar-refractivity contribution in [2.45, 2.75) is 32.7 Å². The monoisotopic (exact) mass is 173 g/mol. The summed E-state index contributed by atoms with van der Waals surface area (Å²) in [6.07, 6.45) is 1.27. The van der Waals surface area contributed by atoms with Crippen LogP contribution in [0.1, 0.15) is 27.2 Å². The number of carbonyl (C=O) groups excluding carboxylic acids is 2. The molecule has 0 radical (unpaired) electrons. The maximum absolute atomic E-state index is 11.2. The molecule has 0 aliphatic heterocycles. The van der Waals surface area contributed by atoms with E-state index in [4.69, 9.17) is 4.74 Å². The van der Waals surface area contributed by atoms with Gasteiger partial charge in [-0.15, -0.1) is 0 Å². The first kappa shape index (κ1) is 10.9. The molecule has 0 saturated heterocycles. The van der Waals surface area contributed by atoms with Crippen LogP contribution < -0.4 is 5.32 Å². The molecule has 0 saturated carbocycles. The summed E-state index contributed by atoms with van der Waals surface area (Å²) in [5, 5.41) is 2.38.